The van der Waals surface area contributed by atoms with Gasteiger partial charge >= 0.3 is 0 Å². The van der Waals surface area contributed by atoms with Gasteiger partial charge in [0.25, 0.3) is 0 Å². The van der Waals surface area contributed by atoms with Gasteiger partial charge < -0.3 is 0 Å². The molecule has 0 aromatic rings. The largest absolute Gasteiger partial charge is 0.282 e. The summed E-state index contributed by atoms with van der Waals surface area (Å²) in [5, 5.41) is 10.9. The van der Waals surface area contributed by atoms with Crippen molar-refractivity contribution in [3.05, 3.63) is 0 Å². The van der Waals surface area contributed by atoms with Crippen molar-refractivity contribution in [1.29, 1.82) is 0 Å². The Bertz CT molecular complexity index is 53.5. The molecule has 0 aromatic heterocycles. The first-order chi connectivity index (χ1) is 3.55. The van der Waals surface area contributed by atoms with Crippen LogP contribution in [0.1, 0.15) is 13.8 Å². The zero-order valence-corrected chi connectivity index (χ0v) is 6.01. The minimum Gasteiger partial charge on any atom is -0.282 e. The van der Waals surface area contributed by atoms with Gasteiger partial charge in [-0.1, -0.05) is 13.8 Å². The zero-order chi connectivity index (χ0) is 6.73. The van der Waals surface area contributed by atoms with E-state index in [1.807, 2.05) is 13.8 Å². The van der Waals surface area contributed by atoms with Gasteiger partial charge in [-0.05, 0) is 20.0 Å². The molecule has 0 saturated carbocycles. The monoisotopic (exact) mass is 116 g/mol. The Hall–Kier alpha value is -0.0800. The maximum Gasteiger partial charge on any atom is 0.148 e. The molecule has 0 aliphatic heterocycles. The first-order valence-corrected chi connectivity index (χ1v) is 2.88. The smallest absolute Gasteiger partial charge is 0.148 e. The number of nitrogens with zero attached hydrogens (tertiary/aromatic N) is 1. The third kappa shape index (κ3) is 2.28. The van der Waals surface area contributed by atoms with Gasteiger partial charge in [0.05, 0.1) is 0 Å². The Morgan fingerprint density at radius 2 is 1.62 bits per heavy atom. The van der Waals surface area contributed by atoms with Crippen molar-refractivity contribution in [2.24, 2.45) is 5.92 Å². The van der Waals surface area contributed by atoms with Crippen molar-refractivity contribution >= 4 is 0 Å². The van der Waals surface area contributed by atoms with Crippen molar-refractivity contribution in [1.82, 2.24) is 4.90 Å². The molecule has 0 heterocycles. The van der Waals surface area contributed by atoms with Crippen LogP contribution in [-0.4, -0.2) is 25.2 Å². The molecule has 0 amide bonds. The highest BCUT2D eigenvalue weighted by atomic mass is 16.3. The SMILES string of the molecule is CC(C)C([O])N(C)C. The van der Waals surface area contributed by atoms with Gasteiger partial charge in [0.1, 0.15) is 6.23 Å². The van der Waals surface area contributed by atoms with E-state index in [-0.39, 0.29) is 5.92 Å². The summed E-state index contributed by atoms with van der Waals surface area (Å²) >= 11 is 0. The molecule has 1 atom stereocenters. The van der Waals surface area contributed by atoms with Crippen molar-refractivity contribution in [2.75, 3.05) is 14.1 Å². The van der Waals surface area contributed by atoms with Crippen LogP contribution in [0.4, 0.5) is 0 Å². The van der Waals surface area contributed by atoms with Crippen LogP contribution in [0.15, 0.2) is 0 Å². The van der Waals surface area contributed by atoms with Crippen LogP contribution in [-0.2, 0) is 5.11 Å². The van der Waals surface area contributed by atoms with Gasteiger partial charge in [0.2, 0.25) is 0 Å². The van der Waals surface area contributed by atoms with E-state index in [9.17, 15) is 5.11 Å². The fourth-order valence-corrected chi connectivity index (χ4v) is 0.596. The van der Waals surface area contributed by atoms with Crippen molar-refractivity contribution in [3.63, 3.8) is 0 Å². The van der Waals surface area contributed by atoms with Crippen LogP contribution in [0.25, 0.3) is 0 Å². The van der Waals surface area contributed by atoms with E-state index in [0.29, 0.717) is 0 Å². The van der Waals surface area contributed by atoms with Gasteiger partial charge in [-0.3, -0.25) is 4.90 Å². The number of hydrogen-bond acceptors (Lipinski definition) is 1. The first kappa shape index (κ1) is 7.92. The Kier molecular flexibility index (Phi) is 3.02. The Labute approximate surface area is 51.1 Å². The van der Waals surface area contributed by atoms with Gasteiger partial charge in [-0.2, -0.15) is 0 Å². The van der Waals surface area contributed by atoms with E-state index >= 15 is 0 Å². The molecule has 0 spiro atoms. The zero-order valence-electron chi connectivity index (χ0n) is 6.01. The quantitative estimate of drug-likeness (QED) is 0.493. The fraction of sp³-hybridized carbons (Fsp3) is 1.00. The van der Waals surface area contributed by atoms with Crippen LogP contribution in [0.5, 0.6) is 0 Å². The number of hydrogen-bond donors (Lipinski definition) is 0. The van der Waals surface area contributed by atoms with Gasteiger partial charge in [0, 0.05) is 0 Å². The molecule has 2 nitrogen and oxygen atoms in total. The third-order valence-corrected chi connectivity index (χ3v) is 1.08. The lowest BCUT2D eigenvalue weighted by atomic mass is 10.2. The van der Waals surface area contributed by atoms with Crippen LogP contribution in [0.2, 0.25) is 0 Å². The first-order valence-electron chi connectivity index (χ1n) is 2.88. The molecule has 0 fully saturated rings. The van der Waals surface area contributed by atoms with E-state index in [4.69, 9.17) is 0 Å². The summed E-state index contributed by atoms with van der Waals surface area (Å²) < 4.78 is 0. The average molecular weight is 116 g/mol. The van der Waals surface area contributed by atoms with Crippen molar-refractivity contribution in [3.8, 4) is 0 Å². The van der Waals surface area contributed by atoms with E-state index in [2.05, 4.69) is 0 Å². The van der Waals surface area contributed by atoms with Gasteiger partial charge in [-0.15, -0.1) is 0 Å². The lowest BCUT2D eigenvalue weighted by molar-refractivity contribution is -0.0530. The second kappa shape index (κ2) is 3.05. The predicted octanol–water partition coefficient (Wildman–Crippen LogP) is 0.961. The van der Waals surface area contributed by atoms with Crippen molar-refractivity contribution < 1.29 is 5.11 Å². The minimum atomic E-state index is -0.546. The summed E-state index contributed by atoms with van der Waals surface area (Å²) in [5.74, 6) is 0.213. The second-order valence-electron chi connectivity index (χ2n) is 2.60. The summed E-state index contributed by atoms with van der Waals surface area (Å²) in [6, 6.07) is 0. The normalized spacial score (nSPS) is 15.4. The molecule has 1 unspecified atom stereocenters. The van der Waals surface area contributed by atoms with E-state index < -0.39 is 6.23 Å². The molecule has 49 valence electrons. The molecule has 0 bridgehead atoms. The fourth-order valence-electron chi connectivity index (χ4n) is 0.596. The molecule has 2 heteroatoms. The molecule has 0 aliphatic carbocycles. The maximum atomic E-state index is 10.9. The third-order valence-electron chi connectivity index (χ3n) is 1.08. The Balaban J connectivity index is 3.46. The minimum absolute atomic E-state index is 0.213. The predicted molar refractivity (Wildman–Crippen MR) is 33.0 cm³/mol. The average Bonchev–Trinajstić information content (AvgIpc) is 1.64. The summed E-state index contributed by atoms with van der Waals surface area (Å²) in [6.45, 7) is 3.86. The maximum absolute atomic E-state index is 10.9. The molecular formula is C6H14NO. The van der Waals surface area contributed by atoms with E-state index in [1.54, 1.807) is 19.0 Å². The summed E-state index contributed by atoms with van der Waals surface area (Å²) in [6.07, 6.45) is -0.546. The highest BCUT2D eigenvalue weighted by Crippen LogP contribution is 2.02. The van der Waals surface area contributed by atoms with Crippen LogP contribution < -0.4 is 0 Å². The molecule has 0 rings (SSSR count). The van der Waals surface area contributed by atoms with Crippen LogP contribution >= 0.6 is 0 Å². The van der Waals surface area contributed by atoms with Gasteiger partial charge in [0.15, 0.2) is 0 Å². The molecule has 0 N–H and O–H groups in total. The van der Waals surface area contributed by atoms with Crippen LogP contribution in [0.3, 0.4) is 0 Å². The summed E-state index contributed by atoms with van der Waals surface area (Å²) in [7, 11) is 3.61. The van der Waals surface area contributed by atoms with Gasteiger partial charge in [-0.25, -0.2) is 5.11 Å². The standard InChI is InChI=1S/C6H14NO/c1-5(2)6(8)7(3)4/h5-6H,1-4H3. The molecule has 0 aliphatic rings. The van der Waals surface area contributed by atoms with E-state index in [0.717, 1.165) is 0 Å². The van der Waals surface area contributed by atoms with Crippen molar-refractivity contribution in [2.45, 2.75) is 20.1 Å². The lowest BCUT2D eigenvalue weighted by Gasteiger charge is -2.18. The Morgan fingerprint density at radius 3 is 1.62 bits per heavy atom. The summed E-state index contributed by atoms with van der Waals surface area (Å²) in [5.41, 5.74) is 0. The molecule has 0 aromatic carbocycles. The second-order valence-corrected chi connectivity index (χ2v) is 2.60. The molecule has 8 heavy (non-hydrogen) atoms. The summed E-state index contributed by atoms with van der Waals surface area (Å²) in [4.78, 5) is 1.69. The Morgan fingerprint density at radius 1 is 1.25 bits per heavy atom. The lowest BCUT2D eigenvalue weighted by Crippen LogP contribution is -2.30. The topological polar surface area (TPSA) is 23.1 Å². The molecule has 1 radical (unpaired) electrons. The van der Waals surface area contributed by atoms with Crippen LogP contribution in [0, 0.1) is 5.92 Å². The highest BCUT2D eigenvalue weighted by Gasteiger charge is 2.11. The number of rotatable bonds is 2. The van der Waals surface area contributed by atoms with E-state index in [1.165, 1.54) is 0 Å². The molecule has 0 saturated heterocycles. The molecular weight excluding hydrogens is 102 g/mol. The highest BCUT2D eigenvalue weighted by molar-refractivity contribution is 4.53.